The molecule has 2 aromatic heterocycles. The summed E-state index contributed by atoms with van der Waals surface area (Å²) in [6.07, 6.45) is 4.10. The number of hydrogen-bond acceptors (Lipinski definition) is 7. The van der Waals surface area contributed by atoms with Crippen LogP contribution in [0.4, 0.5) is 15.9 Å². The van der Waals surface area contributed by atoms with Gasteiger partial charge >= 0.3 is 0 Å². The SMILES string of the molecule is Cl.Cl.N#Cc1cc(-n2c(-c3cccc(F)c3)nc3c(N)nc(C#CC4(O)CCCCC4)nc32)ccc1N. The van der Waals surface area contributed by atoms with Gasteiger partial charge in [0.1, 0.15) is 23.3 Å². The number of nitrogens with two attached hydrogens (primary N) is 2. The van der Waals surface area contributed by atoms with Crippen LogP contribution < -0.4 is 11.5 Å². The molecule has 0 bridgehead atoms. The van der Waals surface area contributed by atoms with Crippen molar-refractivity contribution < 1.29 is 9.50 Å². The van der Waals surface area contributed by atoms with E-state index in [1.807, 2.05) is 0 Å². The number of hydrogen-bond donors (Lipinski definition) is 3. The number of imidazole rings is 1. The standard InChI is InChI=1S/C26H22FN7O.2ClH/c27-18-6-4-5-16(13-18)24-33-22-23(30)31-21(9-12-26(35)10-2-1-3-11-26)32-25(22)34(24)19-7-8-20(29)17(14-19)15-28;;/h4-8,13-14,35H,1-3,10-11,29H2,(H2,30,31,32);2*1H. The van der Waals surface area contributed by atoms with E-state index in [-0.39, 0.29) is 42.0 Å². The predicted molar refractivity (Wildman–Crippen MR) is 145 cm³/mol. The Morgan fingerprint density at radius 1 is 1.00 bits per heavy atom. The van der Waals surface area contributed by atoms with Gasteiger partial charge in [0.25, 0.3) is 0 Å². The summed E-state index contributed by atoms with van der Waals surface area (Å²) < 4.78 is 15.7. The summed E-state index contributed by atoms with van der Waals surface area (Å²) >= 11 is 0. The second-order valence-corrected chi connectivity index (χ2v) is 8.61. The molecule has 0 saturated heterocycles. The molecule has 0 aliphatic heterocycles. The van der Waals surface area contributed by atoms with Crippen molar-refractivity contribution in [3.8, 4) is 35.0 Å². The van der Waals surface area contributed by atoms with Crippen molar-refractivity contribution in [1.82, 2.24) is 19.5 Å². The number of aromatic nitrogens is 4. The Hall–Kier alpha value is -3.89. The number of halogens is 3. The highest BCUT2D eigenvalue weighted by Gasteiger charge is 2.27. The molecule has 0 atom stereocenters. The quantitative estimate of drug-likeness (QED) is 0.250. The van der Waals surface area contributed by atoms with Gasteiger partial charge in [-0.3, -0.25) is 4.57 Å². The molecule has 5 rings (SSSR count). The molecule has 1 saturated carbocycles. The lowest BCUT2D eigenvalue weighted by Gasteiger charge is -2.26. The van der Waals surface area contributed by atoms with Crippen molar-refractivity contribution >= 4 is 47.5 Å². The van der Waals surface area contributed by atoms with E-state index in [1.54, 1.807) is 34.9 Å². The van der Waals surface area contributed by atoms with E-state index in [0.717, 1.165) is 19.3 Å². The fourth-order valence-corrected chi connectivity index (χ4v) is 4.32. The normalized spacial score (nSPS) is 14.0. The highest BCUT2D eigenvalue weighted by atomic mass is 35.5. The zero-order valence-electron chi connectivity index (χ0n) is 19.6. The third-order valence-corrected chi connectivity index (χ3v) is 6.12. The van der Waals surface area contributed by atoms with Gasteiger partial charge in [-0.1, -0.05) is 24.5 Å². The second kappa shape index (κ2) is 11.0. The van der Waals surface area contributed by atoms with Gasteiger partial charge in [0, 0.05) is 11.3 Å². The fraction of sp³-hybridized carbons (Fsp3) is 0.231. The van der Waals surface area contributed by atoms with E-state index >= 15 is 0 Å². The minimum atomic E-state index is -1.07. The number of nitrogens with zero attached hydrogens (tertiary/aromatic N) is 5. The monoisotopic (exact) mass is 539 g/mol. The van der Waals surface area contributed by atoms with E-state index in [2.05, 4.69) is 32.9 Å². The lowest BCUT2D eigenvalue weighted by Crippen LogP contribution is -2.29. The maximum Gasteiger partial charge on any atom is 0.209 e. The van der Waals surface area contributed by atoms with Crippen molar-refractivity contribution in [2.75, 3.05) is 11.5 Å². The summed E-state index contributed by atoms with van der Waals surface area (Å²) in [5, 5.41) is 20.2. The molecule has 1 aliphatic rings. The zero-order chi connectivity index (χ0) is 24.6. The Morgan fingerprint density at radius 3 is 2.46 bits per heavy atom. The van der Waals surface area contributed by atoms with Crippen molar-refractivity contribution in [1.29, 1.82) is 5.26 Å². The summed E-state index contributed by atoms with van der Waals surface area (Å²) in [5.41, 5.74) is 13.4. The first kappa shape index (κ1) is 27.7. The number of anilines is 2. The smallest absolute Gasteiger partial charge is 0.209 e. The summed E-state index contributed by atoms with van der Waals surface area (Å²) in [6.45, 7) is 0. The first-order valence-corrected chi connectivity index (χ1v) is 11.2. The van der Waals surface area contributed by atoms with Crippen molar-refractivity contribution in [2.24, 2.45) is 0 Å². The molecule has 2 heterocycles. The van der Waals surface area contributed by atoms with E-state index in [9.17, 15) is 14.8 Å². The van der Waals surface area contributed by atoms with Crippen LogP contribution in [0.5, 0.6) is 0 Å². The average Bonchev–Trinajstić information content (AvgIpc) is 3.24. The first-order valence-electron chi connectivity index (χ1n) is 11.2. The van der Waals surface area contributed by atoms with Gasteiger partial charge in [0.2, 0.25) is 5.82 Å². The third kappa shape index (κ3) is 5.45. The van der Waals surface area contributed by atoms with Crippen molar-refractivity contribution in [3.63, 3.8) is 0 Å². The molecule has 5 N–H and O–H groups in total. The van der Waals surface area contributed by atoms with Gasteiger partial charge in [-0.15, -0.1) is 24.8 Å². The van der Waals surface area contributed by atoms with E-state index in [0.29, 0.717) is 46.8 Å². The molecule has 0 amide bonds. The van der Waals surface area contributed by atoms with Crippen LogP contribution in [-0.2, 0) is 0 Å². The van der Waals surface area contributed by atoms with Crippen LogP contribution >= 0.6 is 24.8 Å². The summed E-state index contributed by atoms with van der Waals surface area (Å²) in [6, 6.07) is 13.0. The van der Waals surface area contributed by atoms with Crippen LogP contribution in [0.2, 0.25) is 0 Å². The van der Waals surface area contributed by atoms with Crippen LogP contribution in [0, 0.1) is 29.0 Å². The molecule has 8 nitrogen and oxygen atoms in total. The molecule has 0 unspecified atom stereocenters. The van der Waals surface area contributed by atoms with Crippen LogP contribution in [0.3, 0.4) is 0 Å². The molecule has 37 heavy (non-hydrogen) atoms. The molecule has 1 fully saturated rings. The Bertz CT molecular complexity index is 1560. The molecule has 190 valence electrons. The maximum absolute atomic E-state index is 14.1. The molecular formula is C26H24Cl2FN7O. The molecule has 2 aromatic carbocycles. The summed E-state index contributed by atoms with van der Waals surface area (Å²) in [4.78, 5) is 13.5. The van der Waals surface area contributed by atoms with Crippen molar-refractivity contribution in [2.45, 2.75) is 37.7 Å². The largest absolute Gasteiger partial charge is 0.398 e. The van der Waals surface area contributed by atoms with Gasteiger partial charge in [-0.05, 0) is 61.9 Å². The second-order valence-electron chi connectivity index (χ2n) is 8.61. The third-order valence-electron chi connectivity index (χ3n) is 6.12. The van der Waals surface area contributed by atoms with Gasteiger partial charge in [0.15, 0.2) is 17.0 Å². The lowest BCUT2D eigenvalue weighted by atomic mass is 9.85. The van der Waals surface area contributed by atoms with Crippen molar-refractivity contribution in [3.05, 3.63) is 59.7 Å². The number of benzene rings is 2. The first-order chi connectivity index (χ1) is 16.9. The van der Waals surface area contributed by atoms with Crippen LogP contribution in [0.1, 0.15) is 43.5 Å². The van der Waals surface area contributed by atoms with Gasteiger partial charge < -0.3 is 16.6 Å². The molecule has 1 aliphatic carbocycles. The van der Waals surface area contributed by atoms with E-state index < -0.39 is 11.4 Å². The number of nitriles is 1. The van der Waals surface area contributed by atoms with E-state index in [1.165, 1.54) is 12.1 Å². The average molecular weight is 540 g/mol. The van der Waals surface area contributed by atoms with E-state index in [4.69, 9.17) is 11.5 Å². The minimum Gasteiger partial charge on any atom is -0.398 e. The Labute approximate surface area is 225 Å². The molecular weight excluding hydrogens is 516 g/mol. The molecule has 4 aromatic rings. The lowest BCUT2D eigenvalue weighted by molar-refractivity contribution is 0.0610. The predicted octanol–water partition coefficient (Wildman–Crippen LogP) is 4.55. The molecule has 11 heteroatoms. The fourth-order valence-electron chi connectivity index (χ4n) is 4.32. The van der Waals surface area contributed by atoms with Crippen LogP contribution in [-0.4, -0.2) is 30.2 Å². The maximum atomic E-state index is 14.1. The highest BCUT2D eigenvalue weighted by molar-refractivity contribution is 5.88. The number of fused-ring (bicyclic) bond motifs is 1. The van der Waals surface area contributed by atoms with Crippen LogP contribution in [0.15, 0.2) is 42.5 Å². The molecule has 0 radical (unpaired) electrons. The number of aliphatic hydroxyl groups is 1. The minimum absolute atomic E-state index is 0. The topological polar surface area (TPSA) is 140 Å². The Kier molecular flexibility index (Phi) is 8.25. The molecule has 0 spiro atoms. The van der Waals surface area contributed by atoms with Gasteiger partial charge in [0.05, 0.1) is 11.3 Å². The number of nitrogen functional groups attached to an aromatic ring is 2. The van der Waals surface area contributed by atoms with Gasteiger partial charge in [-0.25, -0.2) is 19.3 Å². The van der Waals surface area contributed by atoms with Crippen LogP contribution in [0.25, 0.3) is 28.2 Å². The number of rotatable bonds is 2. The van der Waals surface area contributed by atoms with Gasteiger partial charge in [-0.2, -0.15) is 5.26 Å². The Balaban J connectivity index is 0.00000190. The Morgan fingerprint density at radius 2 is 1.76 bits per heavy atom. The summed E-state index contributed by atoms with van der Waals surface area (Å²) in [5.74, 6) is 5.98. The summed E-state index contributed by atoms with van der Waals surface area (Å²) in [7, 11) is 0. The zero-order valence-corrected chi connectivity index (χ0v) is 21.2. The highest BCUT2D eigenvalue weighted by Crippen LogP contribution is 2.31.